The first-order valence-corrected chi connectivity index (χ1v) is 25.8. The molecule has 1 aromatic heterocycles. The van der Waals surface area contributed by atoms with Crippen LogP contribution in [0, 0.1) is 6.92 Å². The van der Waals surface area contributed by atoms with Gasteiger partial charge in [-0.3, -0.25) is 0 Å². The van der Waals surface area contributed by atoms with Gasteiger partial charge in [0.25, 0.3) is 6.71 Å². The van der Waals surface area contributed by atoms with Crippen molar-refractivity contribution in [2.75, 3.05) is 9.80 Å². The Labute approximate surface area is 411 Å². The van der Waals surface area contributed by atoms with Crippen LogP contribution in [-0.2, 0) is 27.1 Å². The number of anilines is 6. The molecule has 3 aliphatic rings. The van der Waals surface area contributed by atoms with Gasteiger partial charge in [0.15, 0.2) is 0 Å². The number of hydrogen-bond donors (Lipinski definition) is 0. The van der Waals surface area contributed by atoms with Crippen molar-refractivity contribution in [3.63, 3.8) is 0 Å². The first-order valence-electron chi connectivity index (χ1n) is 25.0. The van der Waals surface area contributed by atoms with Crippen molar-refractivity contribution in [3.8, 4) is 11.1 Å². The molecule has 0 radical (unpaired) electrons. The lowest BCUT2D eigenvalue weighted by molar-refractivity contribution is 0.332. The van der Waals surface area contributed by atoms with Crippen molar-refractivity contribution in [2.45, 2.75) is 130 Å². The van der Waals surface area contributed by atoms with E-state index < -0.39 is 0 Å². The van der Waals surface area contributed by atoms with E-state index in [0.717, 1.165) is 0 Å². The first kappa shape index (κ1) is 44.7. The number of benzene rings is 7. The number of hydrogen-bond acceptors (Lipinski definition) is 3. The van der Waals surface area contributed by atoms with Gasteiger partial charge in [-0.15, -0.1) is 11.3 Å². The molecule has 0 unspecified atom stereocenters. The van der Waals surface area contributed by atoms with E-state index in [1.54, 1.807) is 0 Å². The number of aryl methyl sites for hydroxylation is 1. The summed E-state index contributed by atoms with van der Waals surface area (Å²) in [5, 5.41) is 1.37. The van der Waals surface area contributed by atoms with Crippen molar-refractivity contribution in [1.29, 1.82) is 0 Å². The minimum Gasteiger partial charge on any atom is -0.311 e. The van der Waals surface area contributed by atoms with E-state index in [9.17, 15) is 0 Å². The second kappa shape index (κ2) is 15.3. The third kappa shape index (κ3) is 7.02. The molecule has 0 amide bonds. The summed E-state index contributed by atoms with van der Waals surface area (Å²) in [6, 6.07) is 56.6. The minimum atomic E-state index is -0.226. The summed E-state index contributed by atoms with van der Waals surface area (Å²) in [6.45, 7) is 30.9. The lowest BCUT2D eigenvalue weighted by Gasteiger charge is -2.44. The summed E-state index contributed by atoms with van der Waals surface area (Å²) >= 11 is 2.04. The Balaban J connectivity index is 1.26. The summed E-state index contributed by atoms with van der Waals surface area (Å²) in [7, 11) is 0. The Kier molecular flexibility index (Phi) is 10.1. The van der Waals surface area contributed by atoms with Gasteiger partial charge in [-0.25, -0.2) is 0 Å². The highest BCUT2D eigenvalue weighted by molar-refractivity contribution is 7.33. The summed E-state index contributed by atoms with van der Waals surface area (Å²) in [5.41, 5.74) is 22.3. The second-order valence-electron chi connectivity index (χ2n) is 24.2. The molecular formula is C64H67BN2S. The molecule has 11 rings (SSSR count). The van der Waals surface area contributed by atoms with Gasteiger partial charge in [0.05, 0.1) is 11.4 Å². The van der Waals surface area contributed by atoms with Crippen LogP contribution in [0.5, 0.6) is 0 Å². The number of rotatable bonds is 5. The fourth-order valence-electron chi connectivity index (χ4n) is 11.8. The molecule has 1 aliphatic carbocycles. The normalized spacial score (nSPS) is 16.0. The highest BCUT2D eigenvalue weighted by Gasteiger charge is 2.47. The van der Waals surface area contributed by atoms with E-state index in [1.807, 2.05) is 11.3 Å². The lowest BCUT2D eigenvalue weighted by Crippen LogP contribution is -2.60. The zero-order chi connectivity index (χ0) is 47.9. The Morgan fingerprint density at radius 1 is 0.515 bits per heavy atom. The van der Waals surface area contributed by atoms with Crippen LogP contribution in [0.25, 0.3) is 21.2 Å². The molecule has 2 nitrogen and oxygen atoms in total. The van der Waals surface area contributed by atoms with Gasteiger partial charge in [-0.2, -0.15) is 0 Å². The first-order chi connectivity index (χ1) is 32.1. The maximum Gasteiger partial charge on any atom is 0.264 e. The van der Waals surface area contributed by atoms with Gasteiger partial charge in [-0.05, 0) is 151 Å². The van der Waals surface area contributed by atoms with E-state index in [-0.39, 0.29) is 33.8 Å². The van der Waals surface area contributed by atoms with Crippen LogP contribution in [-0.4, -0.2) is 6.71 Å². The molecule has 0 fully saturated rings. The fraction of sp³-hybridized carbons (Fsp3) is 0.312. The molecule has 2 aliphatic heterocycles. The third-order valence-electron chi connectivity index (χ3n) is 16.2. The van der Waals surface area contributed by atoms with Crippen molar-refractivity contribution in [1.82, 2.24) is 0 Å². The standard InChI is InChI=1S/C64H67BN2S/c1-40-34-54-57-55(35-40)67(52-30-26-44(61(5,6)7)36-47(52)41-20-16-14-17-21-41)53-31-27-45(64(12,13)43-22-18-15-19-23-43)37-51(53)65(57)59-58(66(54)46-28-24-42(25-29-46)60(2,3)4)48-38-49-50(39-56(48)68-59)63(10,11)33-32-62(49,8)9/h14-31,34-39H,32-33H2,1-13H3. The van der Waals surface area contributed by atoms with Crippen LogP contribution in [0.1, 0.15) is 135 Å². The minimum absolute atomic E-state index is 0.0162. The molecular weight excluding hydrogens is 840 g/mol. The molecule has 3 heterocycles. The van der Waals surface area contributed by atoms with Gasteiger partial charge in [0, 0.05) is 48.6 Å². The molecule has 342 valence electrons. The molecule has 7 aromatic carbocycles. The molecule has 0 saturated heterocycles. The van der Waals surface area contributed by atoms with Gasteiger partial charge in [0.1, 0.15) is 0 Å². The van der Waals surface area contributed by atoms with Gasteiger partial charge in [-0.1, -0.05) is 174 Å². The van der Waals surface area contributed by atoms with Crippen LogP contribution < -0.4 is 25.5 Å². The smallest absolute Gasteiger partial charge is 0.264 e. The van der Waals surface area contributed by atoms with Crippen molar-refractivity contribution >= 4 is 78.0 Å². The highest BCUT2D eigenvalue weighted by atomic mass is 32.1. The Morgan fingerprint density at radius 3 is 1.71 bits per heavy atom. The van der Waals surface area contributed by atoms with Crippen LogP contribution >= 0.6 is 11.3 Å². The number of nitrogens with zero attached hydrogens (tertiary/aromatic N) is 2. The van der Waals surface area contributed by atoms with E-state index in [0.29, 0.717) is 0 Å². The van der Waals surface area contributed by atoms with E-state index in [2.05, 4.69) is 245 Å². The third-order valence-corrected chi connectivity index (χ3v) is 17.4. The van der Waals surface area contributed by atoms with Crippen molar-refractivity contribution < 1.29 is 0 Å². The van der Waals surface area contributed by atoms with Crippen LogP contribution in [0.3, 0.4) is 0 Å². The van der Waals surface area contributed by atoms with Gasteiger partial charge >= 0.3 is 0 Å². The summed E-state index contributed by atoms with van der Waals surface area (Å²) in [5.74, 6) is 0. The number of fused-ring (bicyclic) bond motifs is 7. The molecule has 0 atom stereocenters. The SMILES string of the molecule is Cc1cc2c3c(c1)N(c1ccc(C(C)(C)C)cc1)c1c(sc4cc5c(cc14)C(C)(C)CCC5(C)C)B3c1cc(C(C)(C)c3ccccc3)ccc1N2c1ccc(C(C)(C)C)cc1-c1ccccc1. The molecule has 8 aromatic rings. The average molecular weight is 907 g/mol. The molecule has 4 heteroatoms. The second-order valence-corrected chi connectivity index (χ2v) is 25.3. The molecule has 0 N–H and O–H groups in total. The lowest BCUT2D eigenvalue weighted by atomic mass is 9.36. The summed E-state index contributed by atoms with van der Waals surface area (Å²) in [4.78, 5) is 5.30. The van der Waals surface area contributed by atoms with Crippen LogP contribution in [0.4, 0.5) is 34.1 Å². The van der Waals surface area contributed by atoms with Crippen LogP contribution in [0.15, 0.2) is 146 Å². The zero-order valence-electron chi connectivity index (χ0n) is 42.7. The average Bonchev–Trinajstić information content (AvgIpc) is 3.68. The zero-order valence-corrected chi connectivity index (χ0v) is 43.5. The van der Waals surface area contributed by atoms with Crippen molar-refractivity contribution in [3.05, 3.63) is 185 Å². The molecule has 0 saturated carbocycles. The molecule has 0 spiro atoms. The summed E-state index contributed by atoms with van der Waals surface area (Å²) in [6.07, 6.45) is 2.37. The van der Waals surface area contributed by atoms with Crippen molar-refractivity contribution in [2.24, 2.45) is 0 Å². The maximum atomic E-state index is 2.66. The number of thiophene rings is 1. The largest absolute Gasteiger partial charge is 0.311 e. The molecule has 68 heavy (non-hydrogen) atoms. The topological polar surface area (TPSA) is 6.48 Å². The Bertz CT molecular complexity index is 3280. The monoisotopic (exact) mass is 907 g/mol. The highest BCUT2D eigenvalue weighted by Crippen LogP contribution is 2.53. The van der Waals surface area contributed by atoms with Gasteiger partial charge in [0.2, 0.25) is 0 Å². The van der Waals surface area contributed by atoms with E-state index in [4.69, 9.17) is 0 Å². The van der Waals surface area contributed by atoms with E-state index >= 15 is 0 Å². The van der Waals surface area contributed by atoms with Crippen LogP contribution in [0.2, 0.25) is 0 Å². The predicted octanol–water partition coefficient (Wildman–Crippen LogP) is 16.2. The predicted molar refractivity (Wildman–Crippen MR) is 297 cm³/mol. The summed E-state index contributed by atoms with van der Waals surface area (Å²) < 4.78 is 2.81. The molecule has 0 bridgehead atoms. The maximum absolute atomic E-state index is 2.66. The fourth-order valence-corrected chi connectivity index (χ4v) is 13.1. The quantitative estimate of drug-likeness (QED) is 0.159. The Hall–Kier alpha value is -5.84. The van der Waals surface area contributed by atoms with E-state index in [1.165, 1.54) is 123 Å². The van der Waals surface area contributed by atoms with Gasteiger partial charge < -0.3 is 9.80 Å². The Morgan fingerprint density at radius 2 is 1.07 bits per heavy atom.